The predicted molar refractivity (Wildman–Crippen MR) is 109 cm³/mol. The maximum atomic E-state index is 12.5. The van der Waals surface area contributed by atoms with Gasteiger partial charge < -0.3 is 26.2 Å². The van der Waals surface area contributed by atoms with E-state index in [9.17, 15) is 23.1 Å². The number of benzene rings is 1. The van der Waals surface area contributed by atoms with Gasteiger partial charge in [0.1, 0.15) is 5.75 Å². The molecule has 5 N–H and O–H groups in total. The number of hydrogen-bond donors (Lipinski definition) is 4. The van der Waals surface area contributed by atoms with Crippen LogP contribution < -0.4 is 11.1 Å². The normalized spacial score (nSPS) is 20.7. The zero-order valence-electron chi connectivity index (χ0n) is 16.5. The molecule has 31 heavy (non-hydrogen) atoms. The second-order valence-corrected chi connectivity index (χ2v) is 8.32. The number of phenolic OH excluding ortho intramolecular Hbond substituents is 1. The first kappa shape index (κ1) is 25.5. The molecular weight excluding hydrogens is 462 g/mol. The average molecular weight is 486 g/mol. The number of halogens is 5. The van der Waals surface area contributed by atoms with Crippen LogP contribution >= 0.6 is 23.2 Å². The molecule has 12 heteroatoms. The third kappa shape index (κ3) is 6.86. The van der Waals surface area contributed by atoms with Crippen molar-refractivity contribution in [2.75, 3.05) is 26.2 Å². The molecule has 3 rings (SSSR count). The number of piperidine rings is 1. The zero-order chi connectivity index (χ0) is 23.3. The number of likely N-dealkylation sites (tertiary alicyclic amines) is 1. The van der Waals surface area contributed by atoms with Gasteiger partial charge in [-0.25, -0.2) is 4.79 Å². The molecule has 0 aliphatic carbocycles. The minimum absolute atomic E-state index is 0.0763. The summed E-state index contributed by atoms with van der Waals surface area (Å²) in [4.78, 5) is 23.3. The molecule has 7 nitrogen and oxygen atoms in total. The molecule has 2 atom stereocenters. The van der Waals surface area contributed by atoms with E-state index in [2.05, 4.69) is 5.32 Å². The summed E-state index contributed by atoms with van der Waals surface area (Å²) in [6, 6.07) is 2.77. The molecule has 1 aromatic rings. The fraction of sp³-hybridized carbons (Fsp3) is 0.579. The lowest BCUT2D eigenvalue weighted by atomic mass is 9.85. The van der Waals surface area contributed by atoms with E-state index in [4.69, 9.17) is 38.8 Å². The standard InChI is InChI=1S/C17H23Cl2N3O2.C2HF3O2/c18-13-7-12(15(23)8-14(13)19)16(20)10-2-5-22(6-3-10)17(24)11-1-4-21-9-11;3-2(4,5)1(6)7/h7-8,10-11,16,21,23H,1-6,9,20H2;(H,6,7)/t11-,16?;/m0./s1. The molecule has 2 heterocycles. The van der Waals surface area contributed by atoms with Crippen molar-refractivity contribution in [2.24, 2.45) is 17.6 Å². The summed E-state index contributed by atoms with van der Waals surface area (Å²) < 4.78 is 31.7. The number of nitrogens with two attached hydrogens (primary N) is 1. The summed E-state index contributed by atoms with van der Waals surface area (Å²) in [6.45, 7) is 3.15. The Morgan fingerprint density at radius 2 is 1.71 bits per heavy atom. The Labute approximate surface area is 187 Å². The van der Waals surface area contributed by atoms with Crippen molar-refractivity contribution in [3.63, 3.8) is 0 Å². The summed E-state index contributed by atoms with van der Waals surface area (Å²) in [7, 11) is 0. The van der Waals surface area contributed by atoms with Gasteiger partial charge in [-0.1, -0.05) is 23.2 Å². The Bertz CT molecular complexity index is 796. The number of alkyl halides is 3. The highest BCUT2D eigenvalue weighted by atomic mass is 35.5. The molecule has 2 saturated heterocycles. The first-order valence-corrected chi connectivity index (χ1v) is 10.4. The van der Waals surface area contributed by atoms with Crippen LogP contribution in [-0.2, 0) is 9.59 Å². The lowest BCUT2D eigenvalue weighted by Gasteiger charge is -2.36. The van der Waals surface area contributed by atoms with Crippen molar-refractivity contribution >= 4 is 35.1 Å². The Kier molecular flexibility index (Phi) is 8.82. The predicted octanol–water partition coefficient (Wildman–Crippen LogP) is 3.18. The molecule has 2 aliphatic heterocycles. The summed E-state index contributed by atoms with van der Waals surface area (Å²) in [5.41, 5.74) is 6.98. The van der Waals surface area contributed by atoms with Crippen LogP contribution in [0.15, 0.2) is 12.1 Å². The summed E-state index contributed by atoms with van der Waals surface area (Å²) in [5, 5.41) is 21.2. The van der Waals surface area contributed by atoms with Gasteiger partial charge in [-0.05, 0) is 37.8 Å². The summed E-state index contributed by atoms with van der Waals surface area (Å²) in [5.74, 6) is -2.10. The molecule has 1 amide bonds. The minimum atomic E-state index is -5.08. The Morgan fingerprint density at radius 1 is 1.16 bits per heavy atom. The van der Waals surface area contributed by atoms with Crippen LogP contribution in [0.1, 0.15) is 30.9 Å². The van der Waals surface area contributed by atoms with Crippen molar-refractivity contribution < 1.29 is 33.0 Å². The van der Waals surface area contributed by atoms with Gasteiger partial charge in [0.05, 0.1) is 16.0 Å². The highest BCUT2D eigenvalue weighted by molar-refractivity contribution is 6.42. The van der Waals surface area contributed by atoms with Crippen LogP contribution in [0.25, 0.3) is 0 Å². The molecule has 1 unspecified atom stereocenters. The van der Waals surface area contributed by atoms with Gasteiger partial charge in [-0.15, -0.1) is 0 Å². The molecule has 2 fully saturated rings. The van der Waals surface area contributed by atoms with Crippen LogP contribution in [0.3, 0.4) is 0 Å². The van der Waals surface area contributed by atoms with E-state index in [0.717, 1.165) is 45.4 Å². The number of carboxylic acids is 1. The van der Waals surface area contributed by atoms with E-state index in [-0.39, 0.29) is 29.5 Å². The fourth-order valence-corrected chi connectivity index (χ4v) is 4.01. The zero-order valence-corrected chi connectivity index (χ0v) is 18.0. The van der Waals surface area contributed by atoms with Gasteiger partial charge in [-0.3, -0.25) is 4.79 Å². The smallest absolute Gasteiger partial charge is 0.490 e. The topological polar surface area (TPSA) is 116 Å². The van der Waals surface area contributed by atoms with Gasteiger partial charge in [-0.2, -0.15) is 13.2 Å². The van der Waals surface area contributed by atoms with Crippen LogP contribution in [0.4, 0.5) is 13.2 Å². The average Bonchev–Trinajstić information content (AvgIpc) is 3.24. The van der Waals surface area contributed by atoms with Gasteiger partial charge in [0.15, 0.2) is 0 Å². The van der Waals surface area contributed by atoms with Gasteiger partial charge in [0.25, 0.3) is 0 Å². The number of phenols is 1. The van der Waals surface area contributed by atoms with Crippen LogP contribution in [0, 0.1) is 11.8 Å². The number of carbonyl (C=O) groups excluding carboxylic acids is 1. The second kappa shape index (κ2) is 10.7. The second-order valence-electron chi connectivity index (χ2n) is 7.51. The monoisotopic (exact) mass is 485 g/mol. The number of aliphatic carboxylic acids is 1. The van der Waals surface area contributed by atoms with Gasteiger partial charge >= 0.3 is 12.1 Å². The maximum absolute atomic E-state index is 12.5. The molecule has 0 spiro atoms. The third-order valence-electron chi connectivity index (χ3n) is 5.44. The lowest BCUT2D eigenvalue weighted by molar-refractivity contribution is -0.192. The Morgan fingerprint density at radius 3 is 2.19 bits per heavy atom. The molecular formula is C19H24Cl2F3N3O4. The van der Waals surface area contributed by atoms with E-state index >= 15 is 0 Å². The van der Waals surface area contributed by atoms with E-state index in [1.54, 1.807) is 6.07 Å². The van der Waals surface area contributed by atoms with E-state index in [1.807, 2.05) is 4.90 Å². The summed E-state index contributed by atoms with van der Waals surface area (Å²) >= 11 is 12.0. The SMILES string of the molecule is NC(c1cc(Cl)c(Cl)cc1O)C1CCN(C(=O)[C@H]2CCNC2)CC1.O=C(O)C(F)(F)F. The molecule has 0 saturated carbocycles. The molecule has 0 radical (unpaired) electrons. The summed E-state index contributed by atoms with van der Waals surface area (Å²) in [6.07, 6.45) is -2.51. The molecule has 0 bridgehead atoms. The first-order chi connectivity index (χ1) is 14.4. The van der Waals surface area contributed by atoms with Crippen molar-refractivity contribution in [1.82, 2.24) is 10.2 Å². The highest BCUT2D eigenvalue weighted by Crippen LogP contribution is 2.38. The number of amides is 1. The van der Waals surface area contributed by atoms with Crippen molar-refractivity contribution in [3.8, 4) is 5.75 Å². The molecule has 2 aliphatic rings. The number of aromatic hydroxyl groups is 1. The van der Waals surface area contributed by atoms with Gasteiger partial charge in [0, 0.05) is 37.3 Å². The van der Waals surface area contributed by atoms with Crippen LogP contribution in [-0.4, -0.2) is 59.3 Å². The molecule has 174 valence electrons. The van der Waals surface area contributed by atoms with Crippen molar-refractivity contribution in [1.29, 1.82) is 0 Å². The third-order valence-corrected chi connectivity index (χ3v) is 6.16. The Hall–Kier alpha value is -1.75. The highest BCUT2D eigenvalue weighted by Gasteiger charge is 2.38. The molecule has 0 aromatic heterocycles. The van der Waals surface area contributed by atoms with E-state index < -0.39 is 12.1 Å². The number of carbonyl (C=O) groups is 2. The van der Waals surface area contributed by atoms with Crippen LogP contribution in [0.2, 0.25) is 10.0 Å². The Balaban J connectivity index is 0.000000423. The van der Waals surface area contributed by atoms with Gasteiger partial charge in [0.2, 0.25) is 5.91 Å². The number of nitrogens with one attached hydrogen (secondary N) is 1. The number of hydrogen-bond acceptors (Lipinski definition) is 5. The maximum Gasteiger partial charge on any atom is 0.490 e. The number of carboxylic acid groups (broad SMARTS) is 1. The quantitative estimate of drug-likeness (QED) is 0.522. The minimum Gasteiger partial charge on any atom is -0.508 e. The molecule has 1 aromatic carbocycles. The van der Waals surface area contributed by atoms with E-state index in [1.165, 1.54) is 6.07 Å². The van der Waals surface area contributed by atoms with Crippen LogP contribution in [0.5, 0.6) is 5.75 Å². The first-order valence-electron chi connectivity index (χ1n) is 9.65. The number of rotatable bonds is 3. The largest absolute Gasteiger partial charge is 0.508 e. The van der Waals surface area contributed by atoms with Crippen molar-refractivity contribution in [3.05, 3.63) is 27.7 Å². The number of nitrogens with zero attached hydrogens (tertiary/aromatic N) is 1. The fourth-order valence-electron chi connectivity index (χ4n) is 3.68. The lowest BCUT2D eigenvalue weighted by Crippen LogP contribution is -2.44. The van der Waals surface area contributed by atoms with Crippen molar-refractivity contribution in [2.45, 2.75) is 31.5 Å². The van der Waals surface area contributed by atoms with E-state index in [0.29, 0.717) is 15.6 Å².